The number of nitro benzene ring substituents is 1. The molecule has 2 heterocycles. The lowest BCUT2D eigenvalue weighted by Crippen LogP contribution is -2.33. The van der Waals surface area contributed by atoms with E-state index in [9.17, 15) is 25.0 Å². The number of rotatable bonds is 8. The number of carbonyl (C=O) groups is 1. The third kappa shape index (κ3) is 5.65. The van der Waals surface area contributed by atoms with Crippen molar-refractivity contribution in [3.8, 4) is 6.07 Å². The molecule has 1 aromatic carbocycles. The van der Waals surface area contributed by atoms with Crippen LogP contribution in [0.5, 0.6) is 0 Å². The number of nitrogens with zero attached hydrogens (tertiary/aromatic N) is 5. The predicted octanol–water partition coefficient (Wildman–Crippen LogP) is 2.22. The first-order valence-electron chi connectivity index (χ1n) is 10.8. The number of piperidine rings is 1. The Kier molecular flexibility index (Phi) is 8.10. The first-order valence-corrected chi connectivity index (χ1v) is 10.8. The molecule has 34 heavy (non-hydrogen) atoms. The zero-order valence-electron chi connectivity index (χ0n) is 19.1. The first-order chi connectivity index (χ1) is 16.3. The quantitative estimate of drug-likeness (QED) is 0.357. The standard InChI is InChI=1S/C23H26N6O5/c1-16-10-18(15-34-2)20(12-24)23(31)28(16)14-22(30)26-25-13-17-11-19(29(32)33)6-7-21(17)27-8-4-3-5-9-27/h6-7,10-11,13H,3-5,8-9,14-15H2,1-2H3,(H,26,30). The number of hydrogen-bond acceptors (Lipinski definition) is 8. The molecule has 1 amide bonds. The molecule has 2 aromatic rings. The molecule has 0 saturated carbocycles. The number of ether oxygens (including phenoxy) is 1. The van der Waals surface area contributed by atoms with Crippen molar-refractivity contribution in [2.24, 2.45) is 5.10 Å². The fraction of sp³-hybridized carbons (Fsp3) is 0.391. The number of aromatic nitrogens is 1. The van der Waals surface area contributed by atoms with Crippen molar-refractivity contribution in [1.82, 2.24) is 9.99 Å². The number of pyridine rings is 1. The average molecular weight is 466 g/mol. The molecule has 0 unspecified atom stereocenters. The molecule has 0 aliphatic carbocycles. The van der Waals surface area contributed by atoms with E-state index in [4.69, 9.17) is 4.74 Å². The number of nitriles is 1. The van der Waals surface area contributed by atoms with Crippen LogP contribution in [0.25, 0.3) is 0 Å². The molecule has 1 aromatic heterocycles. The van der Waals surface area contributed by atoms with Gasteiger partial charge in [0, 0.05) is 54.8 Å². The highest BCUT2D eigenvalue weighted by atomic mass is 16.6. The molecule has 1 aliphatic heterocycles. The van der Waals surface area contributed by atoms with Gasteiger partial charge in [0.2, 0.25) is 0 Å². The van der Waals surface area contributed by atoms with Crippen molar-refractivity contribution in [2.75, 3.05) is 25.1 Å². The zero-order valence-corrected chi connectivity index (χ0v) is 19.1. The molecule has 1 saturated heterocycles. The first kappa shape index (κ1) is 24.6. The summed E-state index contributed by atoms with van der Waals surface area (Å²) in [5.41, 5.74) is 3.91. The van der Waals surface area contributed by atoms with E-state index in [-0.39, 0.29) is 24.4 Å². The number of benzene rings is 1. The molecule has 1 N–H and O–H groups in total. The number of aryl methyl sites for hydroxylation is 1. The van der Waals surface area contributed by atoms with E-state index >= 15 is 0 Å². The minimum Gasteiger partial charge on any atom is -0.380 e. The Bertz CT molecular complexity index is 1210. The summed E-state index contributed by atoms with van der Waals surface area (Å²) < 4.78 is 6.22. The minimum absolute atomic E-state index is 0.0732. The van der Waals surface area contributed by atoms with Crippen LogP contribution in [-0.4, -0.2) is 41.8 Å². The molecule has 178 valence electrons. The topological polar surface area (TPSA) is 143 Å². The van der Waals surface area contributed by atoms with Gasteiger partial charge in [-0.25, -0.2) is 5.43 Å². The van der Waals surface area contributed by atoms with Gasteiger partial charge in [-0.2, -0.15) is 10.4 Å². The maximum Gasteiger partial charge on any atom is 0.270 e. The highest BCUT2D eigenvalue weighted by molar-refractivity contribution is 5.90. The van der Waals surface area contributed by atoms with Gasteiger partial charge in [0.1, 0.15) is 18.2 Å². The smallest absolute Gasteiger partial charge is 0.270 e. The number of amides is 1. The van der Waals surface area contributed by atoms with Crippen LogP contribution in [0.3, 0.4) is 0 Å². The van der Waals surface area contributed by atoms with Crippen LogP contribution in [-0.2, 0) is 22.7 Å². The van der Waals surface area contributed by atoms with Crippen LogP contribution < -0.4 is 15.9 Å². The Hall–Kier alpha value is -4.04. The summed E-state index contributed by atoms with van der Waals surface area (Å²) in [4.78, 5) is 38.0. The van der Waals surface area contributed by atoms with Gasteiger partial charge in [0.05, 0.1) is 17.7 Å². The minimum atomic E-state index is -0.584. The van der Waals surface area contributed by atoms with Crippen LogP contribution in [0, 0.1) is 28.4 Å². The lowest BCUT2D eigenvalue weighted by atomic mass is 10.1. The van der Waals surface area contributed by atoms with E-state index in [1.54, 1.807) is 19.1 Å². The Morgan fingerprint density at radius 2 is 2.06 bits per heavy atom. The van der Waals surface area contributed by atoms with Crippen LogP contribution in [0.15, 0.2) is 34.2 Å². The Morgan fingerprint density at radius 3 is 2.71 bits per heavy atom. The maximum atomic E-state index is 12.7. The van der Waals surface area contributed by atoms with E-state index in [2.05, 4.69) is 15.4 Å². The third-order valence-corrected chi connectivity index (χ3v) is 5.61. The van der Waals surface area contributed by atoms with Crippen molar-refractivity contribution in [3.05, 3.63) is 67.1 Å². The van der Waals surface area contributed by atoms with Gasteiger partial charge in [-0.05, 0) is 38.3 Å². The Labute approximate surface area is 196 Å². The summed E-state index contributed by atoms with van der Waals surface area (Å²) in [5.74, 6) is -0.574. The van der Waals surface area contributed by atoms with Gasteiger partial charge in [-0.3, -0.25) is 19.7 Å². The zero-order chi connectivity index (χ0) is 24.7. The molecule has 0 radical (unpaired) electrons. The lowest BCUT2D eigenvalue weighted by Gasteiger charge is -2.29. The molecule has 1 aliphatic rings. The second-order valence-electron chi connectivity index (χ2n) is 7.96. The van der Waals surface area contributed by atoms with Gasteiger partial charge in [-0.15, -0.1) is 0 Å². The van der Waals surface area contributed by atoms with Crippen LogP contribution in [0.1, 0.15) is 41.6 Å². The predicted molar refractivity (Wildman–Crippen MR) is 126 cm³/mol. The van der Waals surface area contributed by atoms with E-state index in [1.807, 2.05) is 6.07 Å². The Morgan fingerprint density at radius 1 is 1.32 bits per heavy atom. The van der Waals surface area contributed by atoms with Crippen molar-refractivity contribution >= 4 is 23.5 Å². The molecule has 0 atom stereocenters. The molecule has 0 spiro atoms. The van der Waals surface area contributed by atoms with Crippen LogP contribution in [0.4, 0.5) is 11.4 Å². The van der Waals surface area contributed by atoms with Gasteiger partial charge in [-0.1, -0.05) is 0 Å². The number of methoxy groups -OCH3 is 1. The fourth-order valence-corrected chi connectivity index (χ4v) is 3.95. The van der Waals surface area contributed by atoms with E-state index in [0.29, 0.717) is 16.8 Å². The SMILES string of the molecule is COCc1cc(C)n(CC(=O)NN=Cc2cc([N+](=O)[O-])ccc2N2CCCCC2)c(=O)c1C#N. The second-order valence-corrected chi connectivity index (χ2v) is 7.96. The molecule has 11 nitrogen and oxygen atoms in total. The number of hydrazone groups is 1. The highest BCUT2D eigenvalue weighted by Crippen LogP contribution is 2.26. The van der Waals surface area contributed by atoms with Gasteiger partial charge in [0.25, 0.3) is 17.2 Å². The van der Waals surface area contributed by atoms with Crippen molar-refractivity contribution in [3.63, 3.8) is 0 Å². The number of anilines is 1. The largest absolute Gasteiger partial charge is 0.380 e. The van der Waals surface area contributed by atoms with Gasteiger partial charge < -0.3 is 14.2 Å². The molecule has 11 heteroatoms. The fourth-order valence-electron chi connectivity index (χ4n) is 3.95. The van der Waals surface area contributed by atoms with Crippen molar-refractivity contribution in [1.29, 1.82) is 5.26 Å². The highest BCUT2D eigenvalue weighted by Gasteiger charge is 2.18. The summed E-state index contributed by atoms with van der Waals surface area (Å²) in [5, 5.41) is 24.5. The van der Waals surface area contributed by atoms with Crippen molar-refractivity contribution < 1.29 is 14.5 Å². The van der Waals surface area contributed by atoms with Crippen LogP contribution >= 0.6 is 0 Å². The third-order valence-electron chi connectivity index (χ3n) is 5.61. The summed E-state index contributed by atoms with van der Waals surface area (Å²) >= 11 is 0. The molecular formula is C23H26N6O5. The average Bonchev–Trinajstić information content (AvgIpc) is 2.82. The van der Waals surface area contributed by atoms with Gasteiger partial charge in [0.15, 0.2) is 0 Å². The summed E-state index contributed by atoms with van der Waals surface area (Å²) in [6, 6.07) is 8.07. The van der Waals surface area contributed by atoms with E-state index in [1.165, 1.54) is 30.0 Å². The normalized spacial score (nSPS) is 13.6. The maximum absolute atomic E-state index is 12.7. The number of hydrogen-bond donors (Lipinski definition) is 1. The lowest BCUT2D eigenvalue weighted by molar-refractivity contribution is -0.384. The Balaban J connectivity index is 1.79. The molecule has 1 fully saturated rings. The number of carbonyl (C=O) groups excluding carboxylic acids is 1. The molecule has 0 bridgehead atoms. The molecular weight excluding hydrogens is 440 g/mol. The van der Waals surface area contributed by atoms with Crippen LogP contribution in [0.2, 0.25) is 0 Å². The second kappa shape index (κ2) is 11.2. The molecule has 3 rings (SSSR count). The van der Waals surface area contributed by atoms with E-state index in [0.717, 1.165) is 38.0 Å². The number of nitrogens with one attached hydrogen (secondary N) is 1. The van der Waals surface area contributed by atoms with E-state index < -0.39 is 16.4 Å². The van der Waals surface area contributed by atoms with Crippen molar-refractivity contribution in [2.45, 2.75) is 39.3 Å². The number of nitro groups is 1. The van der Waals surface area contributed by atoms with Gasteiger partial charge >= 0.3 is 0 Å². The summed E-state index contributed by atoms with van der Waals surface area (Å²) in [6.45, 7) is 3.12. The summed E-state index contributed by atoms with van der Waals surface area (Å²) in [7, 11) is 1.46. The summed E-state index contributed by atoms with van der Waals surface area (Å²) in [6.07, 6.45) is 4.58. The number of non-ortho nitro benzene ring substituents is 1. The monoisotopic (exact) mass is 466 g/mol.